The van der Waals surface area contributed by atoms with Crippen LogP contribution in [0.2, 0.25) is 0 Å². The molecule has 3 rings (SSSR count). The zero-order valence-electron chi connectivity index (χ0n) is 10.5. The molecule has 1 nitrogen and oxygen atoms in total. The molecular formula is C16H20O. The fourth-order valence-corrected chi connectivity index (χ4v) is 3.17. The minimum Gasteiger partial charge on any atom is -0.375 e. The second-order valence-electron chi connectivity index (χ2n) is 5.53. The average Bonchev–Trinajstić information content (AvgIpc) is 2.68. The van der Waals surface area contributed by atoms with Crippen molar-refractivity contribution < 1.29 is 4.74 Å². The highest BCUT2D eigenvalue weighted by Gasteiger charge is 2.35. The highest BCUT2D eigenvalue weighted by molar-refractivity contribution is 5.61. The third-order valence-corrected chi connectivity index (χ3v) is 4.17. The lowest BCUT2D eigenvalue weighted by Crippen LogP contribution is -2.23. The van der Waals surface area contributed by atoms with Gasteiger partial charge in [-0.05, 0) is 49.7 Å². The van der Waals surface area contributed by atoms with Crippen LogP contribution in [-0.4, -0.2) is 12.2 Å². The summed E-state index contributed by atoms with van der Waals surface area (Å²) in [7, 11) is 0. The third kappa shape index (κ3) is 2.16. The predicted octanol–water partition coefficient (Wildman–Crippen LogP) is 4.14. The first-order chi connectivity index (χ1) is 8.22. The third-order valence-electron chi connectivity index (χ3n) is 4.17. The molecule has 1 heteroatoms. The summed E-state index contributed by atoms with van der Waals surface area (Å²) in [6.45, 7) is 6.04. The normalized spacial score (nSPS) is 31.5. The van der Waals surface area contributed by atoms with Crippen molar-refractivity contribution in [3.63, 3.8) is 0 Å². The summed E-state index contributed by atoms with van der Waals surface area (Å²) >= 11 is 0. The highest BCUT2D eigenvalue weighted by Crippen LogP contribution is 2.40. The van der Waals surface area contributed by atoms with E-state index in [1.165, 1.54) is 36.8 Å². The minimum atomic E-state index is 0.527. The molecule has 0 amide bonds. The van der Waals surface area contributed by atoms with Crippen LogP contribution < -0.4 is 0 Å². The number of fused-ring (bicyclic) bond motifs is 2. The molecule has 90 valence electrons. The van der Waals surface area contributed by atoms with Gasteiger partial charge in [-0.1, -0.05) is 36.4 Å². The topological polar surface area (TPSA) is 9.23 Å². The van der Waals surface area contributed by atoms with Crippen LogP contribution in [0.1, 0.15) is 49.7 Å². The van der Waals surface area contributed by atoms with Gasteiger partial charge in [-0.2, -0.15) is 0 Å². The first-order valence-electron chi connectivity index (χ1n) is 6.63. The number of ether oxygens (including phenoxy) is 1. The lowest BCUT2D eigenvalue weighted by atomic mass is 9.88. The second-order valence-corrected chi connectivity index (χ2v) is 5.53. The molecule has 0 saturated carbocycles. The van der Waals surface area contributed by atoms with Gasteiger partial charge in [0, 0.05) is 0 Å². The molecule has 2 saturated heterocycles. The van der Waals surface area contributed by atoms with Crippen LogP contribution in [0.3, 0.4) is 0 Å². The summed E-state index contributed by atoms with van der Waals surface area (Å²) in [4.78, 5) is 0. The van der Waals surface area contributed by atoms with E-state index in [1.807, 2.05) is 0 Å². The Kier molecular flexibility index (Phi) is 2.79. The predicted molar refractivity (Wildman–Crippen MR) is 71.0 cm³/mol. The number of hydrogen-bond donors (Lipinski definition) is 0. The molecule has 0 aromatic heterocycles. The molecule has 2 aliphatic heterocycles. The zero-order valence-corrected chi connectivity index (χ0v) is 10.5. The molecule has 1 aromatic rings. The summed E-state index contributed by atoms with van der Waals surface area (Å²) in [5.41, 5.74) is 3.88. The highest BCUT2D eigenvalue weighted by atomic mass is 16.5. The van der Waals surface area contributed by atoms with E-state index >= 15 is 0 Å². The van der Waals surface area contributed by atoms with Crippen molar-refractivity contribution in [2.75, 3.05) is 0 Å². The fourth-order valence-electron chi connectivity index (χ4n) is 3.17. The number of benzene rings is 1. The Balaban J connectivity index is 1.78. The van der Waals surface area contributed by atoms with Gasteiger partial charge in [0.1, 0.15) is 0 Å². The van der Waals surface area contributed by atoms with Crippen LogP contribution in [0.4, 0.5) is 0 Å². The van der Waals surface area contributed by atoms with Crippen molar-refractivity contribution >= 4 is 5.57 Å². The molecular weight excluding hydrogens is 208 g/mol. The Morgan fingerprint density at radius 3 is 2.24 bits per heavy atom. The number of rotatable bonds is 2. The smallest absolute Gasteiger partial charge is 0.0585 e. The van der Waals surface area contributed by atoms with E-state index in [-0.39, 0.29) is 0 Å². The van der Waals surface area contributed by atoms with E-state index in [1.54, 1.807) is 0 Å². The van der Waals surface area contributed by atoms with Gasteiger partial charge >= 0.3 is 0 Å². The van der Waals surface area contributed by atoms with Crippen molar-refractivity contribution in [3.8, 4) is 0 Å². The van der Waals surface area contributed by atoms with Crippen LogP contribution in [0, 0.1) is 0 Å². The van der Waals surface area contributed by atoms with Crippen LogP contribution >= 0.6 is 0 Å². The van der Waals surface area contributed by atoms with E-state index in [0.717, 1.165) is 5.57 Å². The number of allylic oxidation sites excluding steroid dienone is 1. The molecule has 2 fully saturated rings. The molecule has 0 spiro atoms. The Morgan fingerprint density at radius 1 is 1.12 bits per heavy atom. The summed E-state index contributed by atoms with van der Waals surface area (Å²) in [6, 6.07) is 8.96. The van der Waals surface area contributed by atoms with Crippen molar-refractivity contribution in [1.82, 2.24) is 0 Å². The van der Waals surface area contributed by atoms with E-state index in [2.05, 4.69) is 37.8 Å². The van der Waals surface area contributed by atoms with Crippen LogP contribution in [0.15, 0.2) is 30.8 Å². The van der Waals surface area contributed by atoms with Crippen molar-refractivity contribution in [2.45, 2.75) is 50.7 Å². The van der Waals surface area contributed by atoms with E-state index in [9.17, 15) is 0 Å². The minimum absolute atomic E-state index is 0.527. The summed E-state index contributed by atoms with van der Waals surface area (Å²) < 4.78 is 5.90. The SMILES string of the molecule is C=C(C)c1ccc(C2CC3CCC(C2)O3)cc1. The molecule has 2 unspecified atom stereocenters. The molecule has 2 heterocycles. The fraction of sp³-hybridized carbons (Fsp3) is 0.500. The van der Waals surface area contributed by atoms with Gasteiger partial charge in [0.05, 0.1) is 12.2 Å². The van der Waals surface area contributed by atoms with Crippen LogP contribution in [0.5, 0.6) is 0 Å². The molecule has 1 aromatic carbocycles. The summed E-state index contributed by atoms with van der Waals surface area (Å²) in [5.74, 6) is 0.709. The van der Waals surface area contributed by atoms with E-state index < -0.39 is 0 Å². The monoisotopic (exact) mass is 228 g/mol. The maximum atomic E-state index is 5.90. The Labute approximate surface area is 103 Å². The largest absolute Gasteiger partial charge is 0.375 e. The zero-order chi connectivity index (χ0) is 11.8. The quantitative estimate of drug-likeness (QED) is 0.739. The van der Waals surface area contributed by atoms with Gasteiger partial charge in [-0.15, -0.1) is 0 Å². The van der Waals surface area contributed by atoms with Crippen molar-refractivity contribution in [3.05, 3.63) is 42.0 Å². The van der Waals surface area contributed by atoms with Gasteiger partial charge < -0.3 is 4.74 Å². The van der Waals surface area contributed by atoms with E-state index in [4.69, 9.17) is 4.74 Å². The first-order valence-corrected chi connectivity index (χ1v) is 6.63. The van der Waals surface area contributed by atoms with Crippen molar-refractivity contribution in [1.29, 1.82) is 0 Å². The van der Waals surface area contributed by atoms with Gasteiger partial charge in [-0.3, -0.25) is 0 Å². The molecule has 0 N–H and O–H groups in total. The van der Waals surface area contributed by atoms with Gasteiger partial charge in [0.2, 0.25) is 0 Å². The molecule has 0 radical (unpaired) electrons. The molecule has 0 aliphatic carbocycles. The van der Waals surface area contributed by atoms with Crippen LogP contribution in [0.25, 0.3) is 5.57 Å². The maximum absolute atomic E-state index is 5.90. The van der Waals surface area contributed by atoms with Crippen molar-refractivity contribution in [2.24, 2.45) is 0 Å². The van der Waals surface area contributed by atoms with Gasteiger partial charge in [-0.25, -0.2) is 0 Å². The molecule has 2 bridgehead atoms. The number of hydrogen-bond acceptors (Lipinski definition) is 1. The van der Waals surface area contributed by atoms with Gasteiger partial charge in [0.15, 0.2) is 0 Å². The van der Waals surface area contributed by atoms with Gasteiger partial charge in [0.25, 0.3) is 0 Å². The average molecular weight is 228 g/mol. The molecule has 17 heavy (non-hydrogen) atoms. The molecule has 2 atom stereocenters. The summed E-state index contributed by atoms with van der Waals surface area (Å²) in [6.07, 6.45) is 6.01. The lowest BCUT2D eigenvalue weighted by molar-refractivity contribution is -0.00379. The Bertz CT molecular complexity index is 406. The van der Waals surface area contributed by atoms with Crippen LogP contribution in [-0.2, 0) is 4.74 Å². The Morgan fingerprint density at radius 2 is 1.71 bits per heavy atom. The maximum Gasteiger partial charge on any atom is 0.0585 e. The summed E-state index contributed by atoms with van der Waals surface area (Å²) in [5, 5.41) is 0. The standard InChI is InChI=1S/C16H20O/c1-11(2)12-3-5-13(6-4-12)14-9-15-7-8-16(10-14)17-15/h3-6,14-16H,1,7-10H2,2H3. The Hall–Kier alpha value is -1.08. The lowest BCUT2D eigenvalue weighted by Gasteiger charge is -2.28. The molecule has 2 aliphatic rings. The second kappa shape index (κ2) is 4.30. The first kappa shape index (κ1) is 11.0. The van der Waals surface area contributed by atoms with E-state index in [0.29, 0.717) is 18.1 Å².